The van der Waals surface area contributed by atoms with Crippen molar-refractivity contribution in [2.75, 3.05) is 5.32 Å². The second kappa shape index (κ2) is 5.53. The highest BCUT2D eigenvalue weighted by atomic mass is 16.2. The number of nitrogens with one attached hydrogen (secondary N) is 1. The minimum Gasteiger partial charge on any atom is -0.324 e. The van der Waals surface area contributed by atoms with E-state index in [0.717, 1.165) is 27.5 Å². The molecule has 0 unspecified atom stereocenters. The Hall–Kier alpha value is -3.21. The van der Waals surface area contributed by atoms with Crippen LogP contribution in [0.3, 0.4) is 0 Å². The van der Waals surface area contributed by atoms with E-state index in [4.69, 9.17) is 0 Å². The molecule has 1 amide bonds. The van der Waals surface area contributed by atoms with Crippen molar-refractivity contribution in [2.24, 2.45) is 0 Å². The van der Waals surface area contributed by atoms with E-state index in [0.29, 0.717) is 0 Å². The molecule has 4 rings (SSSR count). The monoisotopic (exact) mass is 302 g/mol. The third kappa shape index (κ3) is 2.64. The number of rotatable bonds is 3. The summed E-state index contributed by atoms with van der Waals surface area (Å²) in [6, 6.07) is 21.5. The maximum atomic E-state index is 12.3. The predicted octanol–water partition coefficient (Wildman–Crippen LogP) is 3.22. The molecule has 5 nitrogen and oxygen atoms in total. The standard InChI is InChI=1S/C18H14N4O/c23-18(12-22-17-8-4-3-7-16(17)20-21-22)19-15-10-9-13-5-1-2-6-14(13)11-15/h1-11H,12H2,(H,19,23). The molecule has 112 valence electrons. The van der Waals surface area contributed by atoms with Crippen LogP contribution in [-0.4, -0.2) is 20.9 Å². The van der Waals surface area contributed by atoms with Crippen LogP contribution in [0.15, 0.2) is 66.7 Å². The first-order valence-electron chi connectivity index (χ1n) is 7.36. The number of benzene rings is 3. The fraction of sp³-hybridized carbons (Fsp3) is 0.0556. The number of carbonyl (C=O) groups is 1. The zero-order chi connectivity index (χ0) is 15.6. The fourth-order valence-electron chi connectivity index (χ4n) is 2.64. The highest BCUT2D eigenvalue weighted by molar-refractivity contribution is 5.94. The summed E-state index contributed by atoms with van der Waals surface area (Å²) < 4.78 is 1.60. The molecule has 0 saturated carbocycles. The van der Waals surface area contributed by atoms with Gasteiger partial charge >= 0.3 is 0 Å². The molecule has 0 fully saturated rings. The molecule has 1 aromatic heterocycles. The van der Waals surface area contributed by atoms with Crippen molar-refractivity contribution in [2.45, 2.75) is 6.54 Å². The lowest BCUT2D eigenvalue weighted by molar-refractivity contribution is -0.116. The summed E-state index contributed by atoms with van der Waals surface area (Å²) in [5.41, 5.74) is 2.41. The van der Waals surface area contributed by atoms with Crippen LogP contribution in [0.5, 0.6) is 0 Å². The number of nitrogens with zero attached hydrogens (tertiary/aromatic N) is 3. The minimum atomic E-state index is -0.129. The van der Waals surface area contributed by atoms with Crippen LogP contribution in [0, 0.1) is 0 Å². The van der Waals surface area contributed by atoms with Gasteiger partial charge in [0.1, 0.15) is 12.1 Å². The van der Waals surface area contributed by atoms with Crippen LogP contribution in [0.2, 0.25) is 0 Å². The average Bonchev–Trinajstić information content (AvgIpc) is 2.98. The Kier molecular flexibility index (Phi) is 3.24. The van der Waals surface area contributed by atoms with Crippen molar-refractivity contribution in [3.8, 4) is 0 Å². The van der Waals surface area contributed by atoms with E-state index < -0.39 is 0 Å². The first-order valence-corrected chi connectivity index (χ1v) is 7.36. The molecule has 0 aliphatic rings. The van der Waals surface area contributed by atoms with E-state index in [9.17, 15) is 4.79 Å². The summed E-state index contributed by atoms with van der Waals surface area (Å²) in [5.74, 6) is -0.129. The van der Waals surface area contributed by atoms with Crippen molar-refractivity contribution in [1.29, 1.82) is 0 Å². The molecule has 0 spiro atoms. The van der Waals surface area contributed by atoms with Gasteiger partial charge in [0, 0.05) is 5.69 Å². The van der Waals surface area contributed by atoms with Gasteiger partial charge in [-0.15, -0.1) is 5.10 Å². The zero-order valence-electron chi connectivity index (χ0n) is 12.3. The van der Waals surface area contributed by atoms with E-state index >= 15 is 0 Å². The Bertz CT molecular complexity index is 1010. The summed E-state index contributed by atoms with van der Waals surface area (Å²) in [4.78, 5) is 12.3. The van der Waals surface area contributed by atoms with Crippen LogP contribution in [0.4, 0.5) is 5.69 Å². The zero-order valence-corrected chi connectivity index (χ0v) is 12.3. The van der Waals surface area contributed by atoms with Gasteiger partial charge in [-0.3, -0.25) is 4.79 Å². The average molecular weight is 302 g/mol. The first-order chi connectivity index (χ1) is 11.3. The molecular weight excluding hydrogens is 288 g/mol. The molecule has 0 aliphatic carbocycles. The predicted molar refractivity (Wildman–Crippen MR) is 90.1 cm³/mol. The lowest BCUT2D eigenvalue weighted by Crippen LogP contribution is -2.19. The largest absolute Gasteiger partial charge is 0.324 e. The maximum absolute atomic E-state index is 12.3. The molecule has 3 aromatic carbocycles. The molecule has 1 N–H and O–H groups in total. The summed E-state index contributed by atoms with van der Waals surface area (Å²) >= 11 is 0. The second-order valence-electron chi connectivity index (χ2n) is 5.35. The van der Waals surface area contributed by atoms with Crippen LogP contribution >= 0.6 is 0 Å². The van der Waals surface area contributed by atoms with Crippen molar-refractivity contribution >= 4 is 33.4 Å². The maximum Gasteiger partial charge on any atom is 0.246 e. The number of amides is 1. The van der Waals surface area contributed by atoms with Gasteiger partial charge in [-0.25, -0.2) is 4.68 Å². The lowest BCUT2D eigenvalue weighted by Gasteiger charge is -2.07. The molecule has 0 aliphatic heterocycles. The third-order valence-corrected chi connectivity index (χ3v) is 3.75. The van der Waals surface area contributed by atoms with Crippen molar-refractivity contribution < 1.29 is 4.79 Å². The molecule has 1 heterocycles. The fourth-order valence-corrected chi connectivity index (χ4v) is 2.64. The molecule has 4 aromatic rings. The Morgan fingerprint density at radius 3 is 2.65 bits per heavy atom. The van der Waals surface area contributed by atoms with E-state index in [1.807, 2.05) is 66.7 Å². The van der Waals surface area contributed by atoms with Gasteiger partial charge in [-0.2, -0.15) is 0 Å². The second-order valence-corrected chi connectivity index (χ2v) is 5.35. The number of para-hydroxylation sites is 1. The molecule has 0 radical (unpaired) electrons. The van der Waals surface area contributed by atoms with Crippen LogP contribution < -0.4 is 5.32 Å². The van der Waals surface area contributed by atoms with Gasteiger partial charge in [0.25, 0.3) is 0 Å². The Labute approximate surface area is 132 Å². The summed E-state index contributed by atoms with van der Waals surface area (Å²) in [6.07, 6.45) is 0. The Morgan fingerprint density at radius 1 is 0.957 bits per heavy atom. The van der Waals surface area contributed by atoms with Crippen molar-refractivity contribution in [1.82, 2.24) is 15.0 Å². The summed E-state index contributed by atoms with van der Waals surface area (Å²) in [7, 11) is 0. The number of carbonyl (C=O) groups excluding carboxylic acids is 1. The molecular formula is C18H14N4O. The highest BCUT2D eigenvalue weighted by Gasteiger charge is 2.09. The lowest BCUT2D eigenvalue weighted by atomic mass is 10.1. The van der Waals surface area contributed by atoms with E-state index in [1.165, 1.54) is 0 Å². The van der Waals surface area contributed by atoms with Gasteiger partial charge in [0.15, 0.2) is 0 Å². The van der Waals surface area contributed by atoms with Gasteiger partial charge in [0.05, 0.1) is 5.52 Å². The smallest absolute Gasteiger partial charge is 0.246 e. The van der Waals surface area contributed by atoms with Crippen molar-refractivity contribution in [3.63, 3.8) is 0 Å². The number of hydrogen-bond donors (Lipinski definition) is 1. The Balaban J connectivity index is 1.55. The van der Waals surface area contributed by atoms with E-state index in [1.54, 1.807) is 4.68 Å². The highest BCUT2D eigenvalue weighted by Crippen LogP contribution is 2.19. The number of aromatic nitrogens is 3. The Morgan fingerprint density at radius 2 is 1.74 bits per heavy atom. The summed E-state index contributed by atoms with van der Waals surface area (Å²) in [5, 5.41) is 13.2. The molecule has 5 heteroatoms. The molecule has 0 bridgehead atoms. The number of anilines is 1. The van der Waals surface area contributed by atoms with E-state index in [-0.39, 0.29) is 12.5 Å². The van der Waals surface area contributed by atoms with Gasteiger partial charge in [0.2, 0.25) is 5.91 Å². The van der Waals surface area contributed by atoms with Gasteiger partial charge < -0.3 is 5.32 Å². The third-order valence-electron chi connectivity index (χ3n) is 3.75. The minimum absolute atomic E-state index is 0.129. The number of fused-ring (bicyclic) bond motifs is 2. The van der Waals surface area contributed by atoms with Gasteiger partial charge in [-0.1, -0.05) is 47.7 Å². The van der Waals surface area contributed by atoms with Crippen LogP contribution in [0.1, 0.15) is 0 Å². The molecule has 0 atom stereocenters. The molecule has 23 heavy (non-hydrogen) atoms. The first kappa shape index (κ1) is 13.5. The van der Waals surface area contributed by atoms with Crippen LogP contribution in [0.25, 0.3) is 21.8 Å². The SMILES string of the molecule is O=C(Cn1nnc2ccccc21)Nc1ccc2ccccc2c1. The van der Waals surface area contributed by atoms with Crippen LogP contribution in [-0.2, 0) is 11.3 Å². The topological polar surface area (TPSA) is 59.8 Å². The molecule has 0 saturated heterocycles. The normalized spacial score (nSPS) is 11.0. The number of hydrogen-bond acceptors (Lipinski definition) is 3. The quantitative estimate of drug-likeness (QED) is 0.632. The van der Waals surface area contributed by atoms with E-state index in [2.05, 4.69) is 15.6 Å². The van der Waals surface area contributed by atoms with Crippen molar-refractivity contribution in [3.05, 3.63) is 66.7 Å². The summed E-state index contributed by atoms with van der Waals surface area (Å²) in [6.45, 7) is 0.132. The van der Waals surface area contributed by atoms with Gasteiger partial charge in [-0.05, 0) is 35.0 Å².